The fourth-order valence-corrected chi connectivity index (χ4v) is 3.86. The van der Waals surface area contributed by atoms with Gasteiger partial charge in [-0.3, -0.25) is 9.36 Å². The van der Waals surface area contributed by atoms with Crippen molar-refractivity contribution in [3.63, 3.8) is 0 Å². The van der Waals surface area contributed by atoms with Gasteiger partial charge in [0.25, 0.3) is 0 Å². The standard InChI is InChI=1S/C20H17F2N3O2S/c1-27-18-9-6-12(21)10-15(18)17(26)11-28-20-24-23-19(25(20)13-7-8-13)14-4-2-3-5-16(14)22/h2-6,9-10,13H,7-8,11H2,1H3. The lowest BCUT2D eigenvalue weighted by atomic mass is 10.1. The zero-order valence-corrected chi connectivity index (χ0v) is 15.9. The second kappa shape index (κ2) is 7.71. The first-order valence-electron chi connectivity index (χ1n) is 8.78. The van der Waals surface area contributed by atoms with Crippen LogP contribution < -0.4 is 4.74 Å². The molecule has 3 aromatic rings. The molecule has 1 aliphatic rings. The lowest BCUT2D eigenvalue weighted by molar-refractivity contribution is 0.101. The van der Waals surface area contributed by atoms with Gasteiger partial charge in [-0.25, -0.2) is 8.78 Å². The lowest BCUT2D eigenvalue weighted by Crippen LogP contribution is -2.07. The molecule has 0 unspecified atom stereocenters. The fourth-order valence-electron chi connectivity index (χ4n) is 2.97. The number of nitrogens with zero attached hydrogens (tertiary/aromatic N) is 3. The van der Waals surface area contributed by atoms with Gasteiger partial charge in [-0.15, -0.1) is 10.2 Å². The molecule has 0 atom stereocenters. The zero-order valence-electron chi connectivity index (χ0n) is 15.1. The molecule has 2 aromatic carbocycles. The van der Waals surface area contributed by atoms with E-state index in [1.807, 2.05) is 4.57 Å². The van der Waals surface area contributed by atoms with Crippen molar-refractivity contribution >= 4 is 17.5 Å². The van der Waals surface area contributed by atoms with Crippen molar-refractivity contribution in [1.29, 1.82) is 0 Å². The second-order valence-corrected chi connectivity index (χ2v) is 7.39. The third-order valence-corrected chi connectivity index (χ3v) is 5.43. The number of aromatic nitrogens is 3. The Balaban J connectivity index is 1.59. The van der Waals surface area contributed by atoms with E-state index in [4.69, 9.17) is 4.74 Å². The van der Waals surface area contributed by atoms with Gasteiger partial charge in [-0.2, -0.15) is 0 Å². The van der Waals surface area contributed by atoms with E-state index < -0.39 is 5.82 Å². The van der Waals surface area contributed by atoms with E-state index in [0.29, 0.717) is 22.3 Å². The van der Waals surface area contributed by atoms with E-state index in [1.54, 1.807) is 18.2 Å². The molecule has 1 aromatic heterocycles. The summed E-state index contributed by atoms with van der Waals surface area (Å²) in [6, 6.07) is 10.4. The number of carbonyl (C=O) groups is 1. The zero-order chi connectivity index (χ0) is 19.7. The molecule has 1 aliphatic carbocycles. The Bertz CT molecular complexity index is 1030. The first-order valence-corrected chi connectivity index (χ1v) is 9.76. The summed E-state index contributed by atoms with van der Waals surface area (Å²) < 4.78 is 34.8. The Kier molecular flexibility index (Phi) is 5.13. The Morgan fingerprint density at radius 2 is 2.00 bits per heavy atom. The number of thioether (sulfide) groups is 1. The van der Waals surface area contributed by atoms with Crippen LogP contribution >= 0.6 is 11.8 Å². The lowest BCUT2D eigenvalue weighted by Gasteiger charge is -2.10. The van der Waals surface area contributed by atoms with Crippen LogP contribution in [-0.4, -0.2) is 33.4 Å². The molecule has 0 amide bonds. The normalized spacial score (nSPS) is 13.5. The van der Waals surface area contributed by atoms with Gasteiger partial charge in [-0.05, 0) is 43.2 Å². The van der Waals surface area contributed by atoms with Gasteiger partial charge in [0.05, 0.1) is 24.0 Å². The van der Waals surface area contributed by atoms with Crippen molar-refractivity contribution in [2.45, 2.75) is 24.0 Å². The van der Waals surface area contributed by atoms with Crippen molar-refractivity contribution in [2.24, 2.45) is 0 Å². The van der Waals surface area contributed by atoms with Crippen LogP contribution in [0.1, 0.15) is 29.2 Å². The SMILES string of the molecule is COc1ccc(F)cc1C(=O)CSc1nnc(-c2ccccc2F)n1C1CC1. The molecule has 0 saturated heterocycles. The number of methoxy groups -OCH3 is 1. The van der Waals surface area contributed by atoms with Crippen LogP contribution in [0.4, 0.5) is 8.78 Å². The molecule has 0 bridgehead atoms. The van der Waals surface area contributed by atoms with E-state index in [2.05, 4.69) is 10.2 Å². The molecule has 4 rings (SSSR count). The van der Waals surface area contributed by atoms with E-state index in [-0.39, 0.29) is 29.0 Å². The van der Waals surface area contributed by atoms with Crippen LogP contribution in [0, 0.1) is 11.6 Å². The smallest absolute Gasteiger partial charge is 0.192 e. The van der Waals surface area contributed by atoms with Gasteiger partial charge in [0.2, 0.25) is 0 Å². The Labute approximate surface area is 164 Å². The van der Waals surface area contributed by atoms with E-state index in [0.717, 1.165) is 18.9 Å². The number of hydrogen-bond acceptors (Lipinski definition) is 5. The maximum absolute atomic E-state index is 14.2. The third-order valence-electron chi connectivity index (χ3n) is 4.49. The molecule has 1 saturated carbocycles. The van der Waals surface area contributed by atoms with E-state index in [9.17, 15) is 13.6 Å². The predicted molar refractivity (Wildman–Crippen MR) is 102 cm³/mol. The average Bonchev–Trinajstić information content (AvgIpc) is 3.46. The average molecular weight is 401 g/mol. The minimum absolute atomic E-state index is 0.0436. The number of Topliss-reactive ketones (excluding diaryl/α,β-unsaturated/α-hetero) is 1. The van der Waals surface area contributed by atoms with E-state index in [1.165, 1.54) is 37.1 Å². The molecule has 144 valence electrons. The third kappa shape index (κ3) is 3.64. The van der Waals surface area contributed by atoms with Crippen LogP contribution in [0.15, 0.2) is 47.6 Å². The quantitative estimate of drug-likeness (QED) is 0.430. The van der Waals surface area contributed by atoms with Gasteiger partial charge >= 0.3 is 0 Å². The van der Waals surface area contributed by atoms with Crippen LogP contribution in [-0.2, 0) is 0 Å². The molecule has 8 heteroatoms. The monoisotopic (exact) mass is 401 g/mol. The maximum atomic E-state index is 14.2. The molecule has 0 spiro atoms. The number of carbonyl (C=O) groups excluding carboxylic acids is 1. The van der Waals surface area contributed by atoms with Gasteiger partial charge in [0, 0.05) is 6.04 Å². The van der Waals surface area contributed by atoms with Gasteiger partial charge in [0.1, 0.15) is 17.4 Å². The highest BCUT2D eigenvalue weighted by Crippen LogP contribution is 2.41. The number of rotatable bonds is 7. The summed E-state index contributed by atoms with van der Waals surface area (Å²) >= 11 is 1.20. The summed E-state index contributed by atoms with van der Waals surface area (Å²) in [7, 11) is 1.43. The van der Waals surface area contributed by atoms with Crippen molar-refractivity contribution in [3.8, 4) is 17.1 Å². The first-order chi connectivity index (χ1) is 13.6. The first kappa shape index (κ1) is 18.6. The highest BCUT2D eigenvalue weighted by Gasteiger charge is 2.31. The number of benzene rings is 2. The topological polar surface area (TPSA) is 57.0 Å². The summed E-state index contributed by atoms with van der Waals surface area (Å²) in [5, 5.41) is 8.88. The van der Waals surface area contributed by atoms with Crippen LogP contribution in [0.3, 0.4) is 0 Å². The number of ether oxygens (including phenoxy) is 1. The molecule has 28 heavy (non-hydrogen) atoms. The van der Waals surface area contributed by atoms with Crippen molar-refractivity contribution in [3.05, 3.63) is 59.7 Å². The highest BCUT2D eigenvalue weighted by atomic mass is 32.2. The summed E-state index contributed by atoms with van der Waals surface area (Å²) in [5.74, 6) is -0.325. The molecule has 0 aliphatic heterocycles. The highest BCUT2D eigenvalue weighted by molar-refractivity contribution is 7.99. The van der Waals surface area contributed by atoms with Gasteiger partial charge in [0.15, 0.2) is 16.8 Å². The number of hydrogen-bond donors (Lipinski definition) is 0. The molecule has 1 fully saturated rings. The van der Waals surface area contributed by atoms with Crippen LogP contribution in [0.25, 0.3) is 11.4 Å². The number of ketones is 1. The Morgan fingerprint density at radius 3 is 2.71 bits per heavy atom. The summed E-state index contributed by atoms with van der Waals surface area (Å²) in [6.45, 7) is 0. The van der Waals surface area contributed by atoms with Crippen molar-refractivity contribution < 1.29 is 18.3 Å². The number of halogens is 2. The predicted octanol–water partition coefficient (Wildman–Crippen LogP) is 4.54. The molecular formula is C20H17F2N3O2S. The Hall–Kier alpha value is -2.74. The molecule has 0 radical (unpaired) electrons. The van der Waals surface area contributed by atoms with E-state index >= 15 is 0 Å². The maximum Gasteiger partial charge on any atom is 0.192 e. The minimum atomic E-state index is -0.503. The summed E-state index contributed by atoms with van der Waals surface area (Å²) in [5.41, 5.74) is 0.564. The molecule has 5 nitrogen and oxygen atoms in total. The van der Waals surface area contributed by atoms with Crippen molar-refractivity contribution in [2.75, 3.05) is 12.9 Å². The van der Waals surface area contributed by atoms with Gasteiger partial charge < -0.3 is 4.74 Å². The summed E-state index contributed by atoms with van der Waals surface area (Å²) in [4.78, 5) is 12.6. The minimum Gasteiger partial charge on any atom is -0.496 e. The largest absolute Gasteiger partial charge is 0.496 e. The fraction of sp³-hybridized carbons (Fsp3) is 0.250. The summed E-state index contributed by atoms with van der Waals surface area (Å²) in [6.07, 6.45) is 1.91. The van der Waals surface area contributed by atoms with Crippen LogP contribution in [0.5, 0.6) is 5.75 Å². The van der Waals surface area contributed by atoms with Crippen molar-refractivity contribution in [1.82, 2.24) is 14.8 Å². The molecule has 1 heterocycles. The molecular weight excluding hydrogens is 384 g/mol. The second-order valence-electron chi connectivity index (χ2n) is 6.44. The van der Waals surface area contributed by atoms with Crippen LogP contribution in [0.2, 0.25) is 0 Å². The molecule has 0 N–H and O–H groups in total. The Morgan fingerprint density at radius 1 is 1.21 bits per heavy atom. The van der Waals surface area contributed by atoms with Gasteiger partial charge in [-0.1, -0.05) is 23.9 Å².